The third-order valence-electron chi connectivity index (χ3n) is 1.88. The van der Waals surface area contributed by atoms with E-state index in [0.717, 1.165) is 6.29 Å². The van der Waals surface area contributed by atoms with Gasteiger partial charge in [-0.2, -0.15) is 0 Å². The number of carbonyl (C=O) groups excluding carboxylic acids is 2. The van der Waals surface area contributed by atoms with Crippen molar-refractivity contribution in [2.45, 2.75) is 17.0 Å². The zero-order valence-corrected chi connectivity index (χ0v) is 6.13. The molecule has 2 aliphatic heterocycles. The Hall–Kier alpha value is -0.510. The largest absolute Gasteiger partial charge is 0.329 e. The fourth-order valence-corrected chi connectivity index (χ4v) is 2.58. The normalized spacial score (nSPS) is 37.2. The van der Waals surface area contributed by atoms with Crippen molar-refractivity contribution in [3.63, 3.8) is 0 Å². The third kappa shape index (κ3) is 0.683. The number of hydrogen-bond acceptors (Lipinski definition) is 3. The maximum absolute atomic E-state index is 10.8. The Morgan fingerprint density at radius 1 is 1.70 bits per heavy atom. The summed E-state index contributed by atoms with van der Waals surface area (Å²) < 4.78 is 0. The van der Waals surface area contributed by atoms with Gasteiger partial charge in [-0.1, -0.05) is 0 Å². The molecular weight excluding hydrogens is 150 g/mol. The summed E-state index contributed by atoms with van der Waals surface area (Å²) >= 11 is 1.60. The van der Waals surface area contributed by atoms with Gasteiger partial charge in [-0.15, -0.1) is 11.8 Å². The summed E-state index contributed by atoms with van der Waals surface area (Å²) in [6, 6.07) is 0. The highest BCUT2D eigenvalue weighted by Crippen LogP contribution is 2.38. The van der Waals surface area contributed by atoms with Crippen LogP contribution in [0, 0.1) is 0 Å². The van der Waals surface area contributed by atoms with E-state index in [1.54, 1.807) is 16.7 Å². The Bertz CT molecular complexity index is 194. The zero-order chi connectivity index (χ0) is 7.14. The average Bonchev–Trinajstić information content (AvgIpc) is 2.26. The molecule has 0 aromatic carbocycles. The summed E-state index contributed by atoms with van der Waals surface area (Å²) in [5, 5.41) is 0.360. The highest BCUT2D eigenvalue weighted by Gasteiger charge is 2.44. The summed E-state index contributed by atoms with van der Waals surface area (Å²) in [6.07, 6.45) is 1.56. The fraction of sp³-hybridized carbons (Fsp3) is 0.667. The van der Waals surface area contributed by atoms with Gasteiger partial charge in [-0.05, 0) is 0 Å². The number of thioether (sulfide) groups is 1. The second-order valence-electron chi connectivity index (χ2n) is 2.52. The maximum Gasteiger partial charge on any atom is 0.226 e. The van der Waals surface area contributed by atoms with Crippen molar-refractivity contribution in [1.82, 2.24) is 4.90 Å². The second kappa shape index (κ2) is 1.99. The molecule has 2 atom stereocenters. The van der Waals surface area contributed by atoms with Crippen LogP contribution in [-0.4, -0.2) is 34.3 Å². The van der Waals surface area contributed by atoms with Crippen molar-refractivity contribution in [3.8, 4) is 0 Å². The number of nitrogens with zero attached hydrogens (tertiary/aromatic N) is 1. The molecule has 0 spiro atoms. The van der Waals surface area contributed by atoms with Crippen molar-refractivity contribution in [2.24, 2.45) is 0 Å². The molecule has 2 aliphatic rings. The van der Waals surface area contributed by atoms with E-state index in [1.165, 1.54) is 0 Å². The number of amides is 1. The highest BCUT2D eigenvalue weighted by molar-refractivity contribution is 8.01. The zero-order valence-electron chi connectivity index (χ0n) is 5.32. The molecule has 4 heteroatoms. The van der Waals surface area contributed by atoms with Crippen molar-refractivity contribution >= 4 is 24.0 Å². The van der Waals surface area contributed by atoms with Crippen LogP contribution in [0.2, 0.25) is 0 Å². The fourth-order valence-electron chi connectivity index (χ4n) is 1.28. The lowest BCUT2D eigenvalue weighted by molar-refractivity contribution is -0.140. The molecule has 0 bridgehead atoms. The molecule has 0 aromatic rings. The molecule has 0 unspecified atom stereocenters. The molecule has 2 rings (SSSR count). The Balaban J connectivity index is 2.05. The first kappa shape index (κ1) is 6.22. The third-order valence-corrected chi connectivity index (χ3v) is 3.22. The SMILES string of the molecule is O=C[C@H]1CN2C(=O)C[C@H]2S1. The summed E-state index contributed by atoms with van der Waals surface area (Å²) in [5.41, 5.74) is 0. The molecule has 2 heterocycles. The van der Waals surface area contributed by atoms with E-state index in [-0.39, 0.29) is 11.2 Å². The van der Waals surface area contributed by atoms with Crippen LogP contribution in [0.25, 0.3) is 0 Å². The first-order valence-corrected chi connectivity index (χ1v) is 4.16. The monoisotopic (exact) mass is 157 g/mol. The van der Waals surface area contributed by atoms with Crippen LogP contribution < -0.4 is 0 Å². The van der Waals surface area contributed by atoms with E-state index in [9.17, 15) is 9.59 Å². The highest BCUT2D eigenvalue weighted by atomic mass is 32.2. The molecular formula is C6H7NO2S. The number of fused-ring (bicyclic) bond motifs is 1. The predicted octanol–water partition coefficient (Wildman–Crippen LogP) is -0.141. The minimum Gasteiger partial charge on any atom is -0.329 e. The van der Waals surface area contributed by atoms with Crippen LogP contribution in [-0.2, 0) is 9.59 Å². The van der Waals surface area contributed by atoms with Crippen LogP contribution >= 0.6 is 11.8 Å². The van der Waals surface area contributed by atoms with Crippen LogP contribution in [0.5, 0.6) is 0 Å². The minimum atomic E-state index is 0.0384. The molecule has 54 valence electrons. The topological polar surface area (TPSA) is 37.4 Å². The smallest absolute Gasteiger partial charge is 0.226 e. The molecule has 2 fully saturated rings. The molecule has 0 aliphatic carbocycles. The van der Waals surface area contributed by atoms with Gasteiger partial charge < -0.3 is 9.69 Å². The van der Waals surface area contributed by atoms with E-state index in [4.69, 9.17) is 0 Å². The van der Waals surface area contributed by atoms with E-state index in [2.05, 4.69) is 0 Å². The van der Waals surface area contributed by atoms with Gasteiger partial charge in [0.1, 0.15) is 6.29 Å². The summed E-state index contributed by atoms with van der Waals surface area (Å²) in [7, 11) is 0. The lowest BCUT2D eigenvalue weighted by atomic mass is 10.2. The summed E-state index contributed by atoms with van der Waals surface area (Å²) in [5.74, 6) is 0.196. The second-order valence-corrected chi connectivity index (χ2v) is 3.94. The van der Waals surface area contributed by atoms with Gasteiger partial charge in [-0.25, -0.2) is 0 Å². The summed E-state index contributed by atoms with van der Waals surface area (Å²) in [4.78, 5) is 22.8. The van der Waals surface area contributed by atoms with Gasteiger partial charge in [0, 0.05) is 6.54 Å². The predicted molar refractivity (Wildman–Crippen MR) is 37.6 cm³/mol. The Kier molecular flexibility index (Phi) is 1.23. The Morgan fingerprint density at radius 3 is 3.00 bits per heavy atom. The van der Waals surface area contributed by atoms with Crippen molar-refractivity contribution in [1.29, 1.82) is 0 Å². The Labute approximate surface area is 62.8 Å². The van der Waals surface area contributed by atoms with Gasteiger partial charge in [0.05, 0.1) is 17.0 Å². The lowest BCUT2D eigenvalue weighted by Gasteiger charge is -2.32. The van der Waals surface area contributed by atoms with E-state index < -0.39 is 0 Å². The van der Waals surface area contributed by atoms with Crippen LogP contribution in [0.3, 0.4) is 0 Å². The molecule has 1 amide bonds. The first-order chi connectivity index (χ1) is 4.81. The standard InChI is InChI=1S/C6H7NO2S/c8-3-4-2-7-5(9)1-6(7)10-4/h3-4,6H,1-2H2/t4-,6-/m1/s1. The van der Waals surface area contributed by atoms with Gasteiger partial charge in [0.15, 0.2) is 0 Å². The van der Waals surface area contributed by atoms with Crippen molar-refractivity contribution in [2.75, 3.05) is 6.54 Å². The molecule has 0 N–H and O–H groups in total. The van der Waals surface area contributed by atoms with Crippen LogP contribution in [0.1, 0.15) is 6.42 Å². The van der Waals surface area contributed by atoms with Gasteiger partial charge in [0.25, 0.3) is 0 Å². The minimum absolute atomic E-state index is 0.0384. The Morgan fingerprint density at radius 2 is 2.50 bits per heavy atom. The first-order valence-electron chi connectivity index (χ1n) is 3.21. The van der Waals surface area contributed by atoms with E-state index >= 15 is 0 Å². The summed E-state index contributed by atoms with van der Waals surface area (Å²) in [6.45, 7) is 0.637. The van der Waals surface area contributed by atoms with E-state index in [1.807, 2.05) is 0 Å². The lowest BCUT2D eigenvalue weighted by Crippen LogP contribution is -2.47. The van der Waals surface area contributed by atoms with Crippen molar-refractivity contribution in [3.05, 3.63) is 0 Å². The number of hydrogen-bond donors (Lipinski definition) is 0. The van der Waals surface area contributed by atoms with Gasteiger partial charge in [-0.3, -0.25) is 4.79 Å². The van der Waals surface area contributed by atoms with Crippen molar-refractivity contribution < 1.29 is 9.59 Å². The molecule has 3 nitrogen and oxygen atoms in total. The average molecular weight is 157 g/mol. The van der Waals surface area contributed by atoms with Crippen LogP contribution in [0.4, 0.5) is 0 Å². The molecule has 0 aromatic heterocycles. The van der Waals surface area contributed by atoms with Gasteiger partial charge >= 0.3 is 0 Å². The quantitative estimate of drug-likeness (QED) is 0.392. The van der Waals surface area contributed by atoms with Gasteiger partial charge in [0.2, 0.25) is 5.91 Å². The van der Waals surface area contributed by atoms with E-state index in [0.29, 0.717) is 18.3 Å². The molecule has 0 saturated carbocycles. The number of β-lactam (4-membered cyclic amide) rings is 1. The number of aldehydes is 1. The number of carbonyl (C=O) groups is 2. The molecule has 2 saturated heterocycles. The molecule has 10 heavy (non-hydrogen) atoms. The molecule has 0 radical (unpaired) electrons. The van der Waals surface area contributed by atoms with Crippen LogP contribution in [0.15, 0.2) is 0 Å². The maximum atomic E-state index is 10.8. The number of rotatable bonds is 1.